The lowest BCUT2D eigenvalue weighted by Crippen LogP contribution is -2.27. The van der Waals surface area contributed by atoms with Gasteiger partial charge in [0.2, 0.25) is 0 Å². The van der Waals surface area contributed by atoms with Crippen molar-refractivity contribution in [3.05, 3.63) is 0 Å². The molecule has 6 atom stereocenters. The molecule has 2 aliphatic rings. The molecule has 31 heavy (non-hydrogen) atoms. The summed E-state index contributed by atoms with van der Waals surface area (Å²) < 4.78 is 17.4. The van der Waals surface area contributed by atoms with E-state index in [4.69, 9.17) is 4.74 Å². The molecule has 0 aromatic carbocycles. The summed E-state index contributed by atoms with van der Waals surface area (Å²) in [6.07, 6.45) is 7.71. The Morgan fingerprint density at radius 1 is 1.23 bits per heavy atom. The predicted molar refractivity (Wildman–Crippen MR) is 128 cm³/mol. The second kappa shape index (κ2) is 12.7. The van der Waals surface area contributed by atoms with Crippen molar-refractivity contribution in [2.45, 2.75) is 101 Å². The van der Waals surface area contributed by atoms with E-state index in [2.05, 4.69) is 27.8 Å². The smallest absolute Gasteiger partial charge is 0.319 e. The highest BCUT2D eigenvalue weighted by Crippen LogP contribution is 2.40. The fourth-order valence-corrected chi connectivity index (χ4v) is 6.56. The summed E-state index contributed by atoms with van der Waals surface area (Å²) in [6.45, 7) is 5.40. The molecule has 178 valence electrons. The lowest BCUT2D eigenvalue weighted by Gasteiger charge is -2.24. The SMILES string of the molecule is CC(C)(C)OC(=O)CS(=O)CCCC[C@@H]1[C@@H](C#CC(O)C2CCCCC2)[C@H](O)C[C@H]1Br. The van der Waals surface area contributed by atoms with Crippen LogP contribution in [-0.4, -0.2) is 54.5 Å². The molecule has 0 saturated heterocycles. The number of esters is 1. The second-order valence-corrected chi connectivity index (χ2v) is 12.8. The lowest BCUT2D eigenvalue weighted by atomic mass is 9.84. The summed E-state index contributed by atoms with van der Waals surface area (Å²) in [7, 11) is -1.22. The van der Waals surface area contributed by atoms with Gasteiger partial charge < -0.3 is 14.9 Å². The molecule has 2 aliphatic carbocycles. The standard InChI is InChI=1S/C24H39BrO5S/c1-24(2,3)30-23(28)16-31(29)14-8-7-11-18-19(22(27)15-20(18)25)12-13-21(26)17-9-5-4-6-10-17/h17-22,26-27H,4-11,14-16H2,1-3H3/t18-,19-,20-,21?,22-,31?/m1/s1. The summed E-state index contributed by atoms with van der Waals surface area (Å²) >= 11 is 3.70. The van der Waals surface area contributed by atoms with Crippen LogP contribution in [0, 0.1) is 29.6 Å². The summed E-state index contributed by atoms with van der Waals surface area (Å²) in [4.78, 5) is 12.0. The van der Waals surface area contributed by atoms with E-state index in [0.717, 1.165) is 44.9 Å². The quantitative estimate of drug-likeness (QED) is 0.220. The highest BCUT2D eigenvalue weighted by atomic mass is 79.9. The average Bonchev–Trinajstić information content (AvgIpc) is 2.95. The van der Waals surface area contributed by atoms with Crippen LogP contribution >= 0.6 is 15.9 Å². The van der Waals surface area contributed by atoms with Crippen LogP contribution in [0.3, 0.4) is 0 Å². The van der Waals surface area contributed by atoms with E-state index in [1.807, 2.05) is 0 Å². The highest BCUT2D eigenvalue weighted by Gasteiger charge is 2.40. The Bertz CT molecular complexity index is 659. The van der Waals surface area contributed by atoms with E-state index in [-0.39, 0.29) is 28.3 Å². The third-order valence-corrected chi connectivity index (χ3v) is 8.51. The first-order valence-corrected chi connectivity index (χ1v) is 14.1. The molecule has 0 amide bonds. The number of aliphatic hydroxyl groups is 2. The molecule has 0 aromatic rings. The molecule has 2 fully saturated rings. The maximum absolute atomic E-state index is 12.2. The van der Waals surface area contributed by atoms with Gasteiger partial charge in [0.15, 0.2) is 0 Å². The van der Waals surface area contributed by atoms with Crippen molar-refractivity contribution in [2.24, 2.45) is 17.8 Å². The molecule has 5 nitrogen and oxygen atoms in total. The molecule has 0 heterocycles. The Balaban J connectivity index is 1.78. The van der Waals surface area contributed by atoms with Gasteiger partial charge in [-0.15, -0.1) is 0 Å². The van der Waals surface area contributed by atoms with Crippen LogP contribution in [0.2, 0.25) is 0 Å². The number of rotatable bonds is 8. The number of hydrogen-bond acceptors (Lipinski definition) is 5. The van der Waals surface area contributed by atoms with Crippen molar-refractivity contribution in [3.63, 3.8) is 0 Å². The van der Waals surface area contributed by atoms with Gasteiger partial charge >= 0.3 is 5.97 Å². The molecular weight excluding hydrogens is 480 g/mol. The largest absolute Gasteiger partial charge is 0.459 e. The fraction of sp³-hybridized carbons (Fsp3) is 0.875. The van der Waals surface area contributed by atoms with E-state index < -0.39 is 34.6 Å². The Morgan fingerprint density at radius 2 is 1.90 bits per heavy atom. The Labute approximate surface area is 198 Å². The van der Waals surface area contributed by atoms with Crippen LogP contribution in [0.15, 0.2) is 0 Å². The summed E-state index contributed by atoms with van der Waals surface area (Å²) in [6, 6.07) is 0. The number of aliphatic hydroxyl groups excluding tert-OH is 2. The maximum Gasteiger partial charge on any atom is 0.319 e. The van der Waals surface area contributed by atoms with E-state index >= 15 is 0 Å². The van der Waals surface area contributed by atoms with Gasteiger partial charge in [0.05, 0.1) is 12.0 Å². The number of unbranched alkanes of at least 4 members (excludes halogenated alkanes) is 1. The molecule has 0 radical (unpaired) electrons. The van der Waals surface area contributed by atoms with Crippen LogP contribution in [-0.2, 0) is 20.3 Å². The molecule has 2 saturated carbocycles. The van der Waals surface area contributed by atoms with E-state index in [1.54, 1.807) is 20.8 Å². The molecule has 2 unspecified atom stereocenters. The zero-order chi connectivity index (χ0) is 23.0. The number of carbonyl (C=O) groups excluding carboxylic acids is 1. The summed E-state index contributed by atoms with van der Waals surface area (Å²) in [5, 5.41) is 20.9. The Hall–Kier alpha value is -0.420. The average molecular weight is 520 g/mol. The van der Waals surface area contributed by atoms with Crippen molar-refractivity contribution >= 4 is 32.7 Å². The molecule has 2 rings (SSSR count). The first-order chi connectivity index (χ1) is 14.6. The zero-order valence-electron chi connectivity index (χ0n) is 19.1. The second-order valence-electron chi connectivity index (χ2n) is 10.0. The zero-order valence-corrected chi connectivity index (χ0v) is 21.6. The van der Waals surface area contributed by atoms with Gasteiger partial charge in [-0.05, 0) is 64.7 Å². The monoisotopic (exact) mass is 518 g/mol. The van der Waals surface area contributed by atoms with Crippen LogP contribution in [0.25, 0.3) is 0 Å². The van der Waals surface area contributed by atoms with E-state index in [9.17, 15) is 19.2 Å². The van der Waals surface area contributed by atoms with Gasteiger partial charge in [-0.1, -0.05) is 53.5 Å². The van der Waals surface area contributed by atoms with Gasteiger partial charge in [0, 0.05) is 21.4 Å². The van der Waals surface area contributed by atoms with Crippen molar-refractivity contribution in [2.75, 3.05) is 11.5 Å². The predicted octanol–water partition coefficient (Wildman–Crippen LogP) is 3.95. The van der Waals surface area contributed by atoms with Gasteiger partial charge in [-0.3, -0.25) is 9.00 Å². The van der Waals surface area contributed by atoms with Crippen molar-refractivity contribution in [1.82, 2.24) is 0 Å². The van der Waals surface area contributed by atoms with Gasteiger partial charge in [0.1, 0.15) is 17.5 Å². The normalized spacial score (nSPS) is 29.1. The van der Waals surface area contributed by atoms with Crippen molar-refractivity contribution in [1.29, 1.82) is 0 Å². The van der Waals surface area contributed by atoms with E-state index in [1.165, 1.54) is 6.42 Å². The number of ether oxygens (including phenoxy) is 1. The minimum Gasteiger partial charge on any atom is -0.459 e. The Morgan fingerprint density at radius 3 is 2.55 bits per heavy atom. The summed E-state index contributed by atoms with van der Waals surface area (Å²) in [5.41, 5.74) is -0.559. The van der Waals surface area contributed by atoms with E-state index in [0.29, 0.717) is 12.2 Å². The van der Waals surface area contributed by atoms with Gasteiger partial charge in [0.25, 0.3) is 0 Å². The van der Waals surface area contributed by atoms with Crippen LogP contribution in [0.5, 0.6) is 0 Å². The number of carbonyl (C=O) groups is 1. The third-order valence-electron chi connectivity index (χ3n) is 6.16. The first kappa shape index (κ1) is 26.8. The topological polar surface area (TPSA) is 83.8 Å². The van der Waals surface area contributed by atoms with Crippen molar-refractivity contribution in [3.8, 4) is 11.8 Å². The third kappa shape index (κ3) is 9.53. The lowest BCUT2D eigenvalue weighted by molar-refractivity contribution is -0.151. The molecular formula is C24H39BrO5S. The van der Waals surface area contributed by atoms with Gasteiger partial charge in [-0.2, -0.15) is 0 Å². The molecule has 2 N–H and O–H groups in total. The molecule has 0 spiro atoms. The highest BCUT2D eigenvalue weighted by molar-refractivity contribution is 9.09. The van der Waals surface area contributed by atoms with Gasteiger partial charge in [-0.25, -0.2) is 0 Å². The summed E-state index contributed by atoms with van der Waals surface area (Å²) in [5.74, 6) is 6.57. The maximum atomic E-state index is 12.2. The van der Waals surface area contributed by atoms with Crippen molar-refractivity contribution < 1.29 is 24.0 Å². The number of halogens is 1. The molecule has 0 aliphatic heterocycles. The minimum absolute atomic E-state index is 0.0619. The Kier molecular flexibility index (Phi) is 11.0. The van der Waals surface area contributed by atoms with Crippen LogP contribution in [0.4, 0.5) is 0 Å². The molecule has 7 heteroatoms. The van der Waals surface area contributed by atoms with Crippen LogP contribution in [0.1, 0.15) is 78.6 Å². The van der Waals surface area contributed by atoms with Crippen LogP contribution < -0.4 is 0 Å². The number of alkyl halides is 1. The number of hydrogen-bond donors (Lipinski definition) is 2. The fourth-order valence-electron chi connectivity index (χ4n) is 4.59. The molecule has 0 bridgehead atoms. The first-order valence-electron chi connectivity index (χ1n) is 11.6. The minimum atomic E-state index is -1.22. The molecule has 0 aromatic heterocycles.